The predicted octanol–water partition coefficient (Wildman–Crippen LogP) is 5.74. The molecule has 0 bridgehead atoms. The van der Waals surface area contributed by atoms with Gasteiger partial charge in [0.05, 0.1) is 9.16 Å². The molecular weight excluding hydrogens is 378 g/mol. The van der Waals surface area contributed by atoms with Gasteiger partial charge in [-0.25, -0.2) is 4.39 Å². The minimum absolute atomic E-state index is 0.258. The number of alkyl halides is 1. The molecule has 1 aromatic carbocycles. The third-order valence-electron chi connectivity index (χ3n) is 2.08. The minimum atomic E-state index is -0.271. The van der Waals surface area contributed by atoms with Crippen molar-refractivity contribution in [1.29, 1.82) is 0 Å². The zero-order valence-corrected chi connectivity index (χ0v) is 12.6. The molecule has 1 heterocycles. The first kappa shape index (κ1) is 12.6. The van der Waals surface area contributed by atoms with Crippen LogP contribution in [0.15, 0.2) is 38.6 Å². The van der Waals surface area contributed by atoms with Crippen LogP contribution in [0, 0.1) is 5.82 Å². The van der Waals surface area contributed by atoms with Crippen LogP contribution in [0.3, 0.4) is 0 Å². The van der Waals surface area contributed by atoms with Gasteiger partial charge in [0.1, 0.15) is 5.82 Å². The second-order valence-corrected chi connectivity index (χ2v) is 6.96. The van der Waals surface area contributed by atoms with E-state index in [1.807, 2.05) is 12.1 Å². The van der Waals surface area contributed by atoms with Gasteiger partial charge in [-0.3, -0.25) is 0 Å². The third-order valence-corrected chi connectivity index (χ3v) is 5.05. The molecule has 0 nitrogen and oxygen atoms in total. The number of hydrogen-bond acceptors (Lipinski definition) is 1. The maximum Gasteiger partial charge on any atom is 0.124 e. The van der Waals surface area contributed by atoms with Gasteiger partial charge in [-0.15, -0.1) is 22.9 Å². The first-order valence-corrected chi connectivity index (χ1v) is 7.26. The maximum absolute atomic E-state index is 12.9. The maximum atomic E-state index is 12.9. The average Bonchev–Trinajstić information content (AvgIpc) is 2.64. The Kier molecular flexibility index (Phi) is 4.06. The summed E-state index contributed by atoms with van der Waals surface area (Å²) in [5.41, 5.74) is 0.873. The van der Waals surface area contributed by atoms with Crippen molar-refractivity contribution >= 4 is 54.8 Å². The standard InChI is InChI=1S/C11H6Br2ClFS/c12-8-5-6(15)1-2-7(8)11(14)9-3-4-10(13)16-9/h1-5,11H. The number of hydrogen-bond donors (Lipinski definition) is 0. The van der Waals surface area contributed by atoms with E-state index < -0.39 is 0 Å². The molecule has 84 valence electrons. The van der Waals surface area contributed by atoms with Crippen LogP contribution in [-0.2, 0) is 0 Å². The third kappa shape index (κ3) is 2.67. The van der Waals surface area contributed by atoms with Crippen LogP contribution >= 0.6 is 54.8 Å². The van der Waals surface area contributed by atoms with Crippen LogP contribution in [-0.4, -0.2) is 0 Å². The van der Waals surface area contributed by atoms with E-state index in [0.717, 1.165) is 14.2 Å². The Morgan fingerprint density at radius 3 is 2.50 bits per heavy atom. The highest BCUT2D eigenvalue weighted by Crippen LogP contribution is 2.38. The lowest BCUT2D eigenvalue weighted by atomic mass is 10.1. The number of thiophene rings is 1. The first-order chi connectivity index (χ1) is 7.58. The molecule has 0 aliphatic heterocycles. The normalized spacial score (nSPS) is 12.8. The van der Waals surface area contributed by atoms with Gasteiger partial charge < -0.3 is 0 Å². The van der Waals surface area contributed by atoms with E-state index in [9.17, 15) is 4.39 Å². The van der Waals surface area contributed by atoms with Crippen molar-refractivity contribution in [2.24, 2.45) is 0 Å². The van der Waals surface area contributed by atoms with E-state index in [1.54, 1.807) is 17.4 Å². The number of benzene rings is 1. The van der Waals surface area contributed by atoms with Crippen LogP contribution in [0.5, 0.6) is 0 Å². The van der Waals surface area contributed by atoms with E-state index in [0.29, 0.717) is 4.47 Å². The molecule has 1 unspecified atom stereocenters. The summed E-state index contributed by atoms with van der Waals surface area (Å²) in [5, 5.41) is -0.258. The van der Waals surface area contributed by atoms with Crippen LogP contribution in [0.25, 0.3) is 0 Å². The molecule has 1 aromatic heterocycles. The van der Waals surface area contributed by atoms with E-state index in [1.165, 1.54) is 12.1 Å². The Morgan fingerprint density at radius 2 is 1.94 bits per heavy atom. The molecule has 0 N–H and O–H groups in total. The van der Waals surface area contributed by atoms with Gasteiger partial charge in [0.25, 0.3) is 0 Å². The number of rotatable bonds is 2. The van der Waals surface area contributed by atoms with Crippen molar-refractivity contribution in [3.8, 4) is 0 Å². The fourth-order valence-electron chi connectivity index (χ4n) is 1.32. The summed E-state index contributed by atoms with van der Waals surface area (Å²) in [5.74, 6) is -0.271. The van der Waals surface area contributed by atoms with Gasteiger partial charge in [0, 0.05) is 9.35 Å². The van der Waals surface area contributed by atoms with E-state index in [4.69, 9.17) is 11.6 Å². The van der Waals surface area contributed by atoms with Crippen molar-refractivity contribution in [1.82, 2.24) is 0 Å². The second-order valence-electron chi connectivity index (χ2n) is 3.17. The molecule has 0 saturated heterocycles. The lowest BCUT2D eigenvalue weighted by Crippen LogP contribution is -1.92. The molecule has 0 amide bonds. The van der Waals surface area contributed by atoms with Crippen LogP contribution in [0.1, 0.15) is 15.8 Å². The van der Waals surface area contributed by atoms with E-state index >= 15 is 0 Å². The highest BCUT2D eigenvalue weighted by molar-refractivity contribution is 9.11. The highest BCUT2D eigenvalue weighted by atomic mass is 79.9. The lowest BCUT2D eigenvalue weighted by Gasteiger charge is -2.09. The molecule has 2 aromatic rings. The van der Waals surface area contributed by atoms with Crippen molar-refractivity contribution in [2.75, 3.05) is 0 Å². The SMILES string of the molecule is Fc1ccc(C(Cl)c2ccc(Br)s2)c(Br)c1. The summed E-state index contributed by atoms with van der Waals surface area (Å²) >= 11 is 14.6. The summed E-state index contributed by atoms with van der Waals surface area (Å²) in [7, 11) is 0. The molecule has 1 atom stereocenters. The van der Waals surface area contributed by atoms with Gasteiger partial charge >= 0.3 is 0 Å². The lowest BCUT2D eigenvalue weighted by molar-refractivity contribution is 0.626. The summed E-state index contributed by atoms with van der Waals surface area (Å²) < 4.78 is 14.7. The van der Waals surface area contributed by atoms with Crippen molar-refractivity contribution < 1.29 is 4.39 Å². The van der Waals surface area contributed by atoms with E-state index in [-0.39, 0.29) is 11.2 Å². The molecule has 16 heavy (non-hydrogen) atoms. The summed E-state index contributed by atoms with van der Waals surface area (Å²) in [4.78, 5) is 1.03. The average molecular weight is 384 g/mol. The monoisotopic (exact) mass is 382 g/mol. The Morgan fingerprint density at radius 1 is 1.19 bits per heavy atom. The molecule has 0 spiro atoms. The van der Waals surface area contributed by atoms with Gasteiger partial charge in [-0.05, 0) is 45.8 Å². The topological polar surface area (TPSA) is 0 Å². The molecule has 2 rings (SSSR count). The fourth-order valence-corrected chi connectivity index (χ4v) is 3.85. The van der Waals surface area contributed by atoms with E-state index in [2.05, 4.69) is 31.9 Å². The fraction of sp³-hybridized carbons (Fsp3) is 0.0909. The summed E-state index contributed by atoms with van der Waals surface area (Å²) in [6.07, 6.45) is 0. The summed E-state index contributed by atoms with van der Waals surface area (Å²) in [6.45, 7) is 0. The van der Waals surface area contributed by atoms with Crippen molar-refractivity contribution in [3.05, 3.63) is 54.8 Å². The van der Waals surface area contributed by atoms with Crippen LogP contribution in [0.2, 0.25) is 0 Å². The van der Waals surface area contributed by atoms with Gasteiger partial charge in [-0.1, -0.05) is 22.0 Å². The second kappa shape index (κ2) is 5.17. The molecule has 0 radical (unpaired) electrons. The number of halogens is 4. The Balaban J connectivity index is 2.37. The van der Waals surface area contributed by atoms with Crippen molar-refractivity contribution in [3.63, 3.8) is 0 Å². The predicted molar refractivity (Wildman–Crippen MR) is 73.8 cm³/mol. The molecular formula is C11H6Br2ClFS. The minimum Gasteiger partial charge on any atom is -0.207 e. The molecule has 0 saturated carbocycles. The highest BCUT2D eigenvalue weighted by Gasteiger charge is 2.16. The largest absolute Gasteiger partial charge is 0.207 e. The molecule has 0 aliphatic rings. The molecule has 0 fully saturated rings. The molecule has 5 heteroatoms. The first-order valence-electron chi connectivity index (χ1n) is 4.42. The van der Waals surface area contributed by atoms with Crippen LogP contribution in [0.4, 0.5) is 4.39 Å². The van der Waals surface area contributed by atoms with Gasteiger partial charge in [0.2, 0.25) is 0 Å². The Labute approximate surface area is 119 Å². The zero-order valence-electron chi connectivity index (χ0n) is 7.88. The van der Waals surface area contributed by atoms with Crippen molar-refractivity contribution in [2.45, 2.75) is 5.38 Å². The Bertz CT molecular complexity index is 512. The quantitative estimate of drug-likeness (QED) is 0.579. The smallest absolute Gasteiger partial charge is 0.124 e. The zero-order chi connectivity index (χ0) is 11.7. The van der Waals surface area contributed by atoms with Crippen LogP contribution < -0.4 is 0 Å². The Hall–Kier alpha value is 0.1000. The summed E-state index contributed by atoms with van der Waals surface area (Å²) in [6, 6.07) is 8.45. The van der Waals surface area contributed by atoms with Gasteiger partial charge in [0.15, 0.2) is 0 Å². The van der Waals surface area contributed by atoms with Gasteiger partial charge in [-0.2, -0.15) is 0 Å². The molecule has 0 aliphatic carbocycles.